The summed E-state index contributed by atoms with van der Waals surface area (Å²) >= 11 is 0. The van der Waals surface area contributed by atoms with Crippen LogP contribution in [0.4, 0.5) is 5.82 Å². The van der Waals surface area contributed by atoms with Crippen LogP contribution in [0, 0.1) is 11.3 Å². The molecule has 1 aromatic rings. The Kier molecular flexibility index (Phi) is 2.02. The Labute approximate surface area is 99.3 Å². The number of anilines is 1. The van der Waals surface area contributed by atoms with E-state index in [1.807, 2.05) is 18.2 Å². The molecule has 3 nitrogen and oxygen atoms in total. The molecule has 0 spiro atoms. The van der Waals surface area contributed by atoms with Gasteiger partial charge >= 0.3 is 0 Å². The minimum absolute atomic E-state index is 0.430. The van der Waals surface area contributed by atoms with Crippen molar-refractivity contribution in [3.63, 3.8) is 0 Å². The van der Waals surface area contributed by atoms with E-state index in [2.05, 4.69) is 23.2 Å². The predicted octanol–water partition coefficient (Wildman–Crippen LogP) is 2.68. The zero-order valence-electron chi connectivity index (χ0n) is 9.20. The third-order valence-corrected chi connectivity index (χ3v) is 3.02. The molecule has 0 aliphatic heterocycles. The van der Waals surface area contributed by atoms with Crippen molar-refractivity contribution in [2.24, 2.45) is 0 Å². The summed E-state index contributed by atoms with van der Waals surface area (Å²) in [5, 5.41) is 9.09. The van der Waals surface area contributed by atoms with Gasteiger partial charge < -0.3 is 10.7 Å². The molecule has 3 rings (SSSR count). The summed E-state index contributed by atoms with van der Waals surface area (Å²) in [4.78, 5) is 2.90. The lowest BCUT2D eigenvalue weighted by Crippen LogP contribution is -1.89. The second-order valence-corrected chi connectivity index (χ2v) is 4.15. The summed E-state index contributed by atoms with van der Waals surface area (Å²) in [6.45, 7) is 0. The fourth-order valence-electron chi connectivity index (χ4n) is 1.99. The molecule has 1 aromatic heterocycles. The van der Waals surface area contributed by atoms with Crippen molar-refractivity contribution in [1.29, 1.82) is 5.26 Å². The van der Waals surface area contributed by atoms with Gasteiger partial charge in [-0.05, 0) is 23.1 Å². The summed E-state index contributed by atoms with van der Waals surface area (Å²) in [6, 6.07) is 2.14. The maximum absolute atomic E-state index is 9.09. The van der Waals surface area contributed by atoms with E-state index in [1.54, 1.807) is 6.20 Å². The third-order valence-electron chi connectivity index (χ3n) is 3.02. The number of H-pyrrole nitrogens is 1. The van der Waals surface area contributed by atoms with Crippen LogP contribution >= 0.6 is 0 Å². The van der Waals surface area contributed by atoms with E-state index in [1.165, 1.54) is 11.1 Å². The molecule has 1 fully saturated rings. The van der Waals surface area contributed by atoms with Crippen molar-refractivity contribution in [3.05, 3.63) is 58.9 Å². The molecular weight excluding hydrogens is 210 g/mol. The molecule has 82 valence electrons. The number of aromatic nitrogens is 1. The van der Waals surface area contributed by atoms with E-state index < -0.39 is 0 Å². The fourth-order valence-corrected chi connectivity index (χ4v) is 1.99. The molecule has 0 bridgehead atoms. The molecule has 0 radical (unpaired) electrons. The van der Waals surface area contributed by atoms with Crippen LogP contribution < -0.4 is 5.73 Å². The van der Waals surface area contributed by atoms with Crippen LogP contribution in [-0.2, 0) is 0 Å². The molecule has 1 heterocycles. The van der Waals surface area contributed by atoms with Gasteiger partial charge in [0.1, 0.15) is 17.5 Å². The number of hydrogen-bond donors (Lipinski definition) is 2. The van der Waals surface area contributed by atoms with Crippen molar-refractivity contribution in [1.82, 2.24) is 4.98 Å². The number of fused-ring (bicyclic) bond motifs is 1. The highest BCUT2D eigenvalue weighted by molar-refractivity contribution is 5.84. The van der Waals surface area contributed by atoms with Gasteiger partial charge in [0.2, 0.25) is 0 Å². The molecule has 0 aromatic carbocycles. The molecule has 2 aliphatic rings. The number of aromatic amines is 1. The zero-order valence-corrected chi connectivity index (χ0v) is 9.20. The Morgan fingerprint density at radius 2 is 2.06 bits per heavy atom. The molecule has 17 heavy (non-hydrogen) atoms. The third kappa shape index (κ3) is 1.60. The average Bonchev–Trinajstić information content (AvgIpc) is 2.89. The SMILES string of the molecule is N#Cc1c(C2=C/C=C\C=C3\C\C3=C\2)c[nH]c1N. The highest BCUT2D eigenvalue weighted by Crippen LogP contribution is 2.40. The van der Waals surface area contributed by atoms with Crippen LogP contribution in [0.25, 0.3) is 5.57 Å². The quantitative estimate of drug-likeness (QED) is 0.765. The molecule has 0 atom stereocenters. The van der Waals surface area contributed by atoms with Gasteiger partial charge in [0.15, 0.2) is 0 Å². The van der Waals surface area contributed by atoms with Gasteiger partial charge in [-0.25, -0.2) is 0 Å². The predicted molar refractivity (Wildman–Crippen MR) is 67.8 cm³/mol. The summed E-state index contributed by atoms with van der Waals surface area (Å²) < 4.78 is 0. The molecular formula is C14H11N3. The van der Waals surface area contributed by atoms with E-state index >= 15 is 0 Å². The number of nitrogen functional groups attached to an aromatic ring is 1. The van der Waals surface area contributed by atoms with Gasteiger partial charge in [0.05, 0.1) is 0 Å². The standard InChI is InChI=1S/C14H11N3/c15-7-12-13(8-17-14(12)16)10-4-2-1-3-9-5-11(9)6-10/h1-4,6,8,17H,5,16H2/b2-1-,3-1?,4-2?,9-3-,10-4+,10-6?,11-6-. The lowest BCUT2D eigenvalue weighted by molar-refractivity contribution is 1.40. The number of allylic oxidation sites excluding steroid dienone is 8. The summed E-state index contributed by atoms with van der Waals surface area (Å²) in [6.07, 6.45) is 13.1. The molecule has 0 amide bonds. The minimum atomic E-state index is 0.430. The van der Waals surface area contributed by atoms with Crippen molar-refractivity contribution < 1.29 is 0 Å². The largest absolute Gasteiger partial charge is 0.384 e. The Balaban J connectivity index is 2.10. The number of nitrogens with two attached hydrogens (primary N) is 1. The number of nitrogens with zero attached hydrogens (tertiary/aromatic N) is 1. The van der Waals surface area contributed by atoms with E-state index in [0.29, 0.717) is 11.4 Å². The monoisotopic (exact) mass is 221 g/mol. The Hall–Kier alpha value is -2.47. The molecule has 1 saturated carbocycles. The van der Waals surface area contributed by atoms with Crippen molar-refractivity contribution in [2.75, 3.05) is 5.73 Å². The minimum Gasteiger partial charge on any atom is -0.384 e. The molecule has 0 unspecified atom stereocenters. The molecule has 0 saturated heterocycles. The first-order valence-electron chi connectivity index (χ1n) is 5.45. The van der Waals surface area contributed by atoms with Crippen LogP contribution in [0.5, 0.6) is 0 Å². The van der Waals surface area contributed by atoms with Crippen molar-refractivity contribution in [3.8, 4) is 6.07 Å². The van der Waals surface area contributed by atoms with Crippen LogP contribution in [-0.4, -0.2) is 4.98 Å². The van der Waals surface area contributed by atoms with Crippen molar-refractivity contribution >= 4 is 11.4 Å². The van der Waals surface area contributed by atoms with Crippen LogP contribution in [0.1, 0.15) is 17.5 Å². The maximum atomic E-state index is 9.09. The van der Waals surface area contributed by atoms with Crippen LogP contribution in [0.15, 0.2) is 47.7 Å². The summed E-state index contributed by atoms with van der Waals surface area (Å²) in [5.41, 5.74) is 10.8. The zero-order chi connectivity index (χ0) is 11.8. The highest BCUT2D eigenvalue weighted by atomic mass is 14.8. The second-order valence-electron chi connectivity index (χ2n) is 4.15. The van der Waals surface area contributed by atoms with Crippen LogP contribution in [0.2, 0.25) is 0 Å². The first kappa shape index (κ1) is 9.73. The van der Waals surface area contributed by atoms with E-state index in [9.17, 15) is 0 Å². The van der Waals surface area contributed by atoms with Gasteiger partial charge in [-0.2, -0.15) is 5.26 Å². The number of hydrogen-bond acceptors (Lipinski definition) is 2. The molecule has 3 N–H and O–H groups in total. The summed E-state index contributed by atoms with van der Waals surface area (Å²) in [7, 11) is 0. The van der Waals surface area contributed by atoms with Gasteiger partial charge in [0.25, 0.3) is 0 Å². The topological polar surface area (TPSA) is 65.6 Å². The lowest BCUT2D eigenvalue weighted by atomic mass is 10.0. The average molecular weight is 221 g/mol. The van der Waals surface area contributed by atoms with Gasteiger partial charge in [-0.1, -0.05) is 30.4 Å². The fraction of sp³-hybridized carbons (Fsp3) is 0.0714. The first-order valence-corrected chi connectivity index (χ1v) is 5.45. The Morgan fingerprint density at radius 3 is 2.88 bits per heavy atom. The Bertz CT molecular complexity index is 645. The molecule has 2 aliphatic carbocycles. The van der Waals surface area contributed by atoms with E-state index in [-0.39, 0.29) is 0 Å². The second kappa shape index (κ2) is 3.53. The van der Waals surface area contributed by atoms with E-state index in [4.69, 9.17) is 11.0 Å². The molecule has 3 heteroatoms. The number of nitrogens with one attached hydrogen (secondary N) is 1. The van der Waals surface area contributed by atoms with Crippen molar-refractivity contribution in [2.45, 2.75) is 6.42 Å². The maximum Gasteiger partial charge on any atom is 0.119 e. The normalized spacial score (nSPS) is 28.1. The first-order chi connectivity index (χ1) is 8.29. The number of rotatable bonds is 1. The van der Waals surface area contributed by atoms with Gasteiger partial charge in [-0.3, -0.25) is 0 Å². The summed E-state index contributed by atoms with van der Waals surface area (Å²) in [5.74, 6) is 0.430. The number of nitriles is 1. The highest BCUT2D eigenvalue weighted by Gasteiger charge is 2.22. The van der Waals surface area contributed by atoms with Crippen LogP contribution in [0.3, 0.4) is 0 Å². The van der Waals surface area contributed by atoms with E-state index in [0.717, 1.165) is 17.6 Å². The smallest absolute Gasteiger partial charge is 0.119 e. The van der Waals surface area contributed by atoms with Gasteiger partial charge in [0, 0.05) is 11.8 Å². The van der Waals surface area contributed by atoms with Gasteiger partial charge in [-0.15, -0.1) is 0 Å². The Morgan fingerprint density at radius 1 is 1.24 bits per heavy atom. The lowest BCUT2D eigenvalue weighted by Gasteiger charge is -1.99.